The lowest BCUT2D eigenvalue weighted by molar-refractivity contribution is 0.928. The Kier molecular flexibility index (Phi) is 1.66. The highest BCUT2D eigenvalue weighted by Gasteiger charge is 2.42. The Labute approximate surface area is 83.5 Å². The van der Waals surface area contributed by atoms with E-state index in [1.165, 1.54) is 12.1 Å². The lowest BCUT2D eigenvalue weighted by Crippen LogP contribution is -1.83. The van der Waals surface area contributed by atoms with Crippen LogP contribution in [0.1, 0.15) is 29.0 Å². The lowest BCUT2D eigenvalue weighted by Gasteiger charge is -1.89. The molecule has 1 unspecified atom stereocenters. The Bertz CT molecular complexity index is 343. The van der Waals surface area contributed by atoms with Gasteiger partial charge in [0.1, 0.15) is 10.5 Å². The van der Waals surface area contributed by atoms with E-state index in [0.29, 0.717) is 11.8 Å². The molecule has 0 amide bonds. The topological polar surface area (TPSA) is 38.7 Å². The molecule has 0 N–H and O–H groups in total. The Morgan fingerprint density at radius 1 is 1.31 bits per heavy atom. The number of hydrogen-bond acceptors (Lipinski definition) is 5. The first kappa shape index (κ1) is 7.58. The van der Waals surface area contributed by atoms with Gasteiger partial charge in [0.05, 0.1) is 11.2 Å². The van der Waals surface area contributed by atoms with Crippen molar-refractivity contribution >= 4 is 22.7 Å². The third kappa shape index (κ3) is 1.28. The van der Waals surface area contributed by atoms with Gasteiger partial charge in [0.25, 0.3) is 0 Å². The number of rotatable bonds is 2. The molecule has 13 heavy (non-hydrogen) atoms. The maximum atomic E-state index is 4.31. The van der Waals surface area contributed by atoms with Crippen molar-refractivity contribution in [2.45, 2.75) is 18.3 Å². The molecule has 5 heteroatoms. The van der Waals surface area contributed by atoms with E-state index in [0.717, 1.165) is 5.01 Å². The number of hydrogen-bond donors (Lipinski definition) is 0. The van der Waals surface area contributed by atoms with Gasteiger partial charge >= 0.3 is 0 Å². The molecule has 2 aromatic rings. The first-order valence-electron chi connectivity index (χ1n) is 4.09. The predicted molar refractivity (Wildman–Crippen MR) is 52.1 cm³/mol. The van der Waals surface area contributed by atoms with Gasteiger partial charge in [-0.2, -0.15) is 0 Å². The SMILES string of the molecule is c1nc([C@H]2CC2c2nncs2)cs1. The molecule has 3 nitrogen and oxygen atoms in total. The van der Waals surface area contributed by atoms with Crippen molar-refractivity contribution in [2.24, 2.45) is 0 Å². The Morgan fingerprint density at radius 2 is 2.31 bits per heavy atom. The van der Waals surface area contributed by atoms with E-state index >= 15 is 0 Å². The summed E-state index contributed by atoms with van der Waals surface area (Å²) in [5.41, 5.74) is 4.92. The van der Waals surface area contributed by atoms with Crippen LogP contribution in [0.15, 0.2) is 16.4 Å². The fourth-order valence-corrected chi connectivity index (χ4v) is 2.89. The van der Waals surface area contributed by atoms with E-state index in [9.17, 15) is 0 Å². The summed E-state index contributed by atoms with van der Waals surface area (Å²) in [6.45, 7) is 0. The molecule has 1 fully saturated rings. The van der Waals surface area contributed by atoms with E-state index < -0.39 is 0 Å². The fourth-order valence-electron chi connectivity index (χ4n) is 1.54. The van der Waals surface area contributed by atoms with Crippen LogP contribution >= 0.6 is 22.7 Å². The van der Waals surface area contributed by atoms with Gasteiger partial charge in [0.15, 0.2) is 0 Å². The molecular weight excluding hydrogens is 202 g/mol. The third-order valence-corrected chi connectivity index (χ3v) is 3.75. The van der Waals surface area contributed by atoms with Crippen LogP contribution in [0.3, 0.4) is 0 Å². The van der Waals surface area contributed by atoms with Crippen LogP contribution in [0.5, 0.6) is 0 Å². The lowest BCUT2D eigenvalue weighted by atomic mass is 10.3. The van der Waals surface area contributed by atoms with Crippen LogP contribution in [0.2, 0.25) is 0 Å². The molecule has 66 valence electrons. The van der Waals surface area contributed by atoms with Gasteiger partial charge in [0.2, 0.25) is 0 Å². The summed E-state index contributed by atoms with van der Waals surface area (Å²) in [5.74, 6) is 1.20. The molecule has 2 heterocycles. The molecule has 3 rings (SSSR count). The van der Waals surface area contributed by atoms with Crippen LogP contribution in [-0.2, 0) is 0 Å². The van der Waals surface area contributed by atoms with Crippen molar-refractivity contribution in [1.29, 1.82) is 0 Å². The highest BCUT2D eigenvalue weighted by Crippen LogP contribution is 2.54. The van der Waals surface area contributed by atoms with Gasteiger partial charge in [-0.3, -0.25) is 0 Å². The summed E-state index contributed by atoms with van der Waals surface area (Å²) < 4.78 is 0. The first-order valence-corrected chi connectivity index (χ1v) is 5.91. The summed E-state index contributed by atoms with van der Waals surface area (Å²) in [6.07, 6.45) is 1.19. The number of nitrogens with zero attached hydrogens (tertiary/aromatic N) is 3. The van der Waals surface area contributed by atoms with E-state index in [1.54, 1.807) is 28.2 Å². The van der Waals surface area contributed by atoms with E-state index in [4.69, 9.17) is 0 Å². The van der Waals surface area contributed by atoms with Gasteiger partial charge < -0.3 is 0 Å². The molecule has 1 aliphatic carbocycles. The smallest absolute Gasteiger partial charge is 0.120 e. The van der Waals surface area contributed by atoms with Crippen molar-refractivity contribution in [3.05, 3.63) is 27.1 Å². The third-order valence-electron chi connectivity index (χ3n) is 2.32. The van der Waals surface area contributed by atoms with Crippen LogP contribution in [0.25, 0.3) is 0 Å². The van der Waals surface area contributed by atoms with Crippen LogP contribution in [-0.4, -0.2) is 15.2 Å². The van der Waals surface area contributed by atoms with E-state index in [1.807, 2.05) is 5.51 Å². The standard InChI is InChI=1S/C8H7N3S2/c1-5(7-2-12-3-9-7)6(1)8-11-10-4-13-8/h2-6H,1H2/t5-,6?/m0/s1. The molecule has 1 saturated carbocycles. The summed E-state index contributed by atoms with van der Waals surface area (Å²) in [7, 11) is 0. The molecule has 0 radical (unpaired) electrons. The van der Waals surface area contributed by atoms with Gasteiger partial charge in [-0.15, -0.1) is 32.9 Å². The Balaban J connectivity index is 1.81. The van der Waals surface area contributed by atoms with E-state index in [-0.39, 0.29) is 0 Å². The molecule has 0 spiro atoms. The average Bonchev–Trinajstić information content (AvgIpc) is 2.67. The molecule has 2 atom stereocenters. The summed E-state index contributed by atoms with van der Waals surface area (Å²) in [6, 6.07) is 0. The molecule has 0 bridgehead atoms. The minimum Gasteiger partial charge on any atom is -0.249 e. The zero-order valence-corrected chi connectivity index (χ0v) is 8.38. The molecule has 0 saturated heterocycles. The second-order valence-electron chi connectivity index (χ2n) is 3.14. The first-order chi connectivity index (χ1) is 6.45. The molecular formula is C8H7N3S2. The monoisotopic (exact) mass is 209 g/mol. The fraction of sp³-hybridized carbons (Fsp3) is 0.375. The number of thiazole rings is 1. The molecule has 0 aliphatic heterocycles. The average molecular weight is 209 g/mol. The normalized spacial score (nSPS) is 26.2. The minimum atomic E-state index is 0.592. The molecule has 0 aromatic carbocycles. The summed E-state index contributed by atoms with van der Waals surface area (Å²) >= 11 is 3.31. The predicted octanol–water partition coefficient (Wildman–Crippen LogP) is 2.27. The summed E-state index contributed by atoms with van der Waals surface area (Å²) in [4.78, 5) is 4.31. The van der Waals surface area contributed by atoms with Gasteiger partial charge in [-0.05, 0) is 6.42 Å². The maximum Gasteiger partial charge on any atom is 0.120 e. The molecule has 2 aromatic heterocycles. The van der Waals surface area contributed by atoms with Gasteiger partial charge in [-0.25, -0.2) is 4.98 Å². The Hall–Kier alpha value is -0.810. The van der Waals surface area contributed by atoms with Crippen LogP contribution < -0.4 is 0 Å². The molecule has 1 aliphatic rings. The largest absolute Gasteiger partial charge is 0.249 e. The number of aromatic nitrogens is 3. The van der Waals surface area contributed by atoms with Crippen LogP contribution in [0, 0.1) is 0 Å². The van der Waals surface area contributed by atoms with Gasteiger partial charge in [-0.1, -0.05) is 0 Å². The second-order valence-corrected chi connectivity index (χ2v) is 4.72. The van der Waals surface area contributed by atoms with Crippen molar-refractivity contribution < 1.29 is 0 Å². The maximum absolute atomic E-state index is 4.31. The second kappa shape index (κ2) is 2.85. The van der Waals surface area contributed by atoms with Crippen molar-refractivity contribution in [1.82, 2.24) is 15.2 Å². The van der Waals surface area contributed by atoms with Crippen LogP contribution in [0.4, 0.5) is 0 Å². The minimum absolute atomic E-state index is 0.592. The zero-order valence-electron chi connectivity index (χ0n) is 6.75. The Morgan fingerprint density at radius 3 is 3.00 bits per heavy atom. The highest BCUT2D eigenvalue weighted by atomic mass is 32.1. The van der Waals surface area contributed by atoms with Crippen molar-refractivity contribution in [2.75, 3.05) is 0 Å². The van der Waals surface area contributed by atoms with E-state index in [2.05, 4.69) is 20.6 Å². The summed E-state index contributed by atoms with van der Waals surface area (Å²) in [5, 5.41) is 11.2. The van der Waals surface area contributed by atoms with Gasteiger partial charge in [0, 0.05) is 17.2 Å². The highest BCUT2D eigenvalue weighted by molar-refractivity contribution is 7.09. The van der Waals surface area contributed by atoms with Crippen molar-refractivity contribution in [3.8, 4) is 0 Å². The van der Waals surface area contributed by atoms with Crippen molar-refractivity contribution in [3.63, 3.8) is 0 Å². The zero-order chi connectivity index (χ0) is 8.67. The quantitative estimate of drug-likeness (QED) is 0.761.